The van der Waals surface area contributed by atoms with E-state index in [1.807, 2.05) is 35.7 Å². The van der Waals surface area contributed by atoms with Gasteiger partial charge in [-0.05, 0) is 29.1 Å². The van der Waals surface area contributed by atoms with Gasteiger partial charge in [0, 0.05) is 10.6 Å². The molecule has 0 spiro atoms. The molecular weight excluding hydrogens is 303 g/mol. The minimum absolute atomic E-state index is 0.184. The standard InChI is InChI=1S/C13H8Cl2N2OS/c14-10-4-2-1-3-8(10)7-18-11-9-5-6-19-12(9)17-13(15)16-11/h1-6H,7H2. The highest BCUT2D eigenvalue weighted by molar-refractivity contribution is 7.16. The van der Waals surface area contributed by atoms with Crippen molar-refractivity contribution in [1.29, 1.82) is 0 Å². The van der Waals surface area contributed by atoms with E-state index in [1.165, 1.54) is 11.3 Å². The summed E-state index contributed by atoms with van der Waals surface area (Å²) in [4.78, 5) is 9.06. The van der Waals surface area contributed by atoms with Crippen molar-refractivity contribution in [3.05, 3.63) is 51.6 Å². The Bertz CT molecular complexity index is 729. The highest BCUT2D eigenvalue weighted by Crippen LogP contribution is 2.29. The minimum atomic E-state index is 0.184. The van der Waals surface area contributed by atoms with Crippen molar-refractivity contribution in [3.8, 4) is 5.88 Å². The Hall–Kier alpha value is -1.36. The molecule has 19 heavy (non-hydrogen) atoms. The molecule has 0 fully saturated rings. The van der Waals surface area contributed by atoms with Gasteiger partial charge in [0.2, 0.25) is 11.2 Å². The second kappa shape index (κ2) is 5.33. The molecular formula is C13H8Cl2N2OS. The number of thiophene rings is 1. The van der Waals surface area contributed by atoms with Crippen molar-refractivity contribution in [1.82, 2.24) is 9.97 Å². The summed E-state index contributed by atoms with van der Waals surface area (Å²) in [6.07, 6.45) is 0. The van der Waals surface area contributed by atoms with E-state index in [1.54, 1.807) is 0 Å². The molecule has 0 aliphatic heterocycles. The van der Waals surface area contributed by atoms with Crippen molar-refractivity contribution >= 4 is 44.8 Å². The summed E-state index contributed by atoms with van der Waals surface area (Å²) in [5.41, 5.74) is 0.905. The predicted molar refractivity (Wildman–Crippen MR) is 78.2 cm³/mol. The molecule has 3 aromatic rings. The number of nitrogens with zero attached hydrogens (tertiary/aromatic N) is 2. The summed E-state index contributed by atoms with van der Waals surface area (Å²) in [5.74, 6) is 0.483. The summed E-state index contributed by atoms with van der Waals surface area (Å²) < 4.78 is 5.71. The number of hydrogen-bond donors (Lipinski definition) is 0. The number of ether oxygens (including phenoxy) is 1. The molecule has 0 radical (unpaired) electrons. The lowest BCUT2D eigenvalue weighted by Crippen LogP contribution is -1.99. The second-order valence-electron chi connectivity index (χ2n) is 3.82. The average molecular weight is 311 g/mol. The number of aromatic nitrogens is 2. The molecule has 2 heterocycles. The van der Waals surface area contributed by atoms with E-state index < -0.39 is 0 Å². The molecule has 0 unspecified atom stereocenters. The van der Waals surface area contributed by atoms with E-state index >= 15 is 0 Å². The molecule has 3 nitrogen and oxygen atoms in total. The first-order valence-corrected chi connectivity index (χ1v) is 7.14. The van der Waals surface area contributed by atoms with E-state index in [0.717, 1.165) is 15.8 Å². The van der Waals surface area contributed by atoms with Crippen LogP contribution in [0.1, 0.15) is 5.56 Å². The largest absolute Gasteiger partial charge is 0.472 e. The van der Waals surface area contributed by atoms with Crippen molar-refractivity contribution < 1.29 is 4.74 Å². The van der Waals surface area contributed by atoms with Crippen LogP contribution in [0, 0.1) is 0 Å². The minimum Gasteiger partial charge on any atom is -0.472 e. The van der Waals surface area contributed by atoms with Crippen molar-refractivity contribution in [2.45, 2.75) is 6.61 Å². The van der Waals surface area contributed by atoms with Gasteiger partial charge in [-0.2, -0.15) is 4.98 Å². The molecule has 0 saturated carbocycles. The second-order valence-corrected chi connectivity index (χ2v) is 5.46. The van der Waals surface area contributed by atoms with Crippen molar-refractivity contribution in [2.75, 3.05) is 0 Å². The Morgan fingerprint density at radius 1 is 1.11 bits per heavy atom. The van der Waals surface area contributed by atoms with Gasteiger partial charge in [-0.15, -0.1) is 11.3 Å². The van der Waals surface area contributed by atoms with E-state index in [2.05, 4.69) is 9.97 Å². The maximum Gasteiger partial charge on any atom is 0.227 e. The first-order valence-electron chi connectivity index (χ1n) is 5.51. The smallest absolute Gasteiger partial charge is 0.227 e. The Kier molecular flexibility index (Phi) is 3.55. The summed E-state index contributed by atoms with van der Waals surface area (Å²) in [6.45, 7) is 0.345. The summed E-state index contributed by atoms with van der Waals surface area (Å²) >= 11 is 13.5. The third-order valence-electron chi connectivity index (χ3n) is 2.59. The fourth-order valence-corrected chi connectivity index (χ4v) is 2.83. The average Bonchev–Trinajstić information content (AvgIpc) is 2.85. The fraction of sp³-hybridized carbons (Fsp3) is 0.0769. The molecule has 0 aliphatic rings. The van der Waals surface area contributed by atoms with Gasteiger partial charge in [-0.1, -0.05) is 29.8 Å². The Labute approximate surface area is 123 Å². The Morgan fingerprint density at radius 3 is 2.79 bits per heavy atom. The van der Waals surface area contributed by atoms with Gasteiger partial charge < -0.3 is 4.74 Å². The predicted octanol–water partition coefficient (Wildman–Crippen LogP) is 4.58. The van der Waals surface area contributed by atoms with Gasteiger partial charge in [0.1, 0.15) is 11.4 Å². The number of hydrogen-bond acceptors (Lipinski definition) is 4. The van der Waals surface area contributed by atoms with Crippen LogP contribution in [0.5, 0.6) is 5.88 Å². The topological polar surface area (TPSA) is 35.0 Å². The van der Waals surface area contributed by atoms with Crippen molar-refractivity contribution in [2.24, 2.45) is 0 Å². The molecule has 0 aliphatic carbocycles. The lowest BCUT2D eigenvalue weighted by Gasteiger charge is -2.07. The fourth-order valence-electron chi connectivity index (χ4n) is 1.68. The highest BCUT2D eigenvalue weighted by atomic mass is 35.5. The van der Waals surface area contributed by atoms with Crippen LogP contribution in [0.3, 0.4) is 0 Å². The van der Waals surface area contributed by atoms with Crippen LogP contribution in [-0.4, -0.2) is 9.97 Å². The lowest BCUT2D eigenvalue weighted by atomic mass is 10.2. The van der Waals surface area contributed by atoms with Crippen LogP contribution in [0.25, 0.3) is 10.2 Å². The third-order valence-corrected chi connectivity index (χ3v) is 3.93. The normalized spacial score (nSPS) is 10.8. The molecule has 2 aromatic heterocycles. The molecule has 6 heteroatoms. The van der Waals surface area contributed by atoms with Crippen LogP contribution in [0.15, 0.2) is 35.7 Å². The van der Waals surface area contributed by atoms with Crippen LogP contribution in [-0.2, 0) is 6.61 Å². The van der Waals surface area contributed by atoms with Crippen LogP contribution >= 0.6 is 34.5 Å². The van der Waals surface area contributed by atoms with Gasteiger partial charge in [-0.25, -0.2) is 4.98 Å². The Morgan fingerprint density at radius 2 is 1.95 bits per heavy atom. The summed E-state index contributed by atoms with van der Waals surface area (Å²) in [5, 5.41) is 3.65. The first kappa shape index (κ1) is 12.7. The molecule has 0 bridgehead atoms. The van der Waals surface area contributed by atoms with Gasteiger partial charge in [0.25, 0.3) is 0 Å². The van der Waals surface area contributed by atoms with Gasteiger partial charge in [-0.3, -0.25) is 0 Å². The maximum atomic E-state index is 6.08. The first-order chi connectivity index (χ1) is 9.24. The maximum absolute atomic E-state index is 6.08. The quantitative estimate of drug-likeness (QED) is 0.664. The molecule has 0 atom stereocenters. The van der Waals surface area contributed by atoms with Gasteiger partial charge in [0.15, 0.2) is 0 Å². The SMILES string of the molecule is Clc1nc(OCc2ccccc2Cl)c2ccsc2n1. The number of halogens is 2. The van der Waals surface area contributed by atoms with E-state index in [0.29, 0.717) is 17.5 Å². The molecule has 0 saturated heterocycles. The number of rotatable bonds is 3. The van der Waals surface area contributed by atoms with Crippen LogP contribution in [0.4, 0.5) is 0 Å². The third kappa shape index (κ3) is 2.66. The van der Waals surface area contributed by atoms with Gasteiger partial charge in [0.05, 0.1) is 5.39 Å². The summed E-state index contributed by atoms with van der Waals surface area (Å²) in [7, 11) is 0. The Balaban J connectivity index is 1.90. The molecule has 1 aromatic carbocycles. The number of fused-ring (bicyclic) bond motifs is 1. The highest BCUT2D eigenvalue weighted by Gasteiger charge is 2.09. The zero-order valence-electron chi connectivity index (χ0n) is 9.64. The van der Waals surface area contributed by atoms with Crippen molar-refractivity contribution in [3.63, 3.8) is 0 Å². The zero-order chi connectivity index (χ0) is 13.2. The van der Waals surface area contributed by atoms with E-state index in [-0.39, 0.29) is 5.28 Å². The molecule has 0 N–H and O–H groups in total. The van der Waals surface area contributed by atoms with Crippen LogP contribution in [0.2, 0.25) is 10.3 Å². The van der Waals surface area contributed by atoms with Gasteiger partial charge >= 0.3 is 0 Å². The van der Waals surface area contributed by atoms with E-state index in [9.17, 15) is 0 Å². The monoisotopic (exact) mass is 310 g/mol. The number of benzene rings is 1. The van der Waals surface area contributed by atoms with Crippen LogP contribution < -0.4 is 4.74 Å². The van der Waals surface area contributed by atoms with E-state index in [4.69, 9.17) is 27.9 Å². The molecule has 96 valence electrons. The summed E-state index contributed by atoms with van der Waals surface area (Å²) in [6, 6.07) is 9.45. The lowest BCUT2D eigenvalue weighted by molar-refractivity contribution is 0.298. The zero-order valence-corrected chi connectivity index (χ0v) is 12.0. The molecule has 3 rings (SSSR count). The molecule has 0 amide bonds.